The molecule has 1 aliphatic heterocycles. The number of nitrogens with zero attached hydrogens (tertiary/aromatic N) is 3. The van der Waals surface area contributed by atoms with Crippen LogP contribution >= 0.6 is 11.6 Å². The monoisotopic (exact) mass is 277 g/mol. The Morgan fingerprint density at radius 2 is 2.05 bits per heavy atom. The molecule has 2 aromatic rings. The second kappa shape index (κ2) is 5.21. The number of benzene rings is 1. The van der Waals surface area contributed by atoms with Gasteiger partial charge in [-0.15, -0.1) is 0 Å². The first-order chi connectivity index (χ1) is 9.25. The van der Waals surface area contributed by atoms with E-state index in [1.54, 1.807) is 0 Å². The van der Waals surface area contributed by atoms with Crippen molar-refractivity contribution in [3.8, 4) is 0 Å². The molecule has 0 atom stereocenters. The van der Waals surface area contributed by atoms with Gasteiger partial charge in [0, 0.05) is 13.0 Å². The average molecular weight is 278 g/mol. The van der Waals surface area contributed by atoms with Gasteiger partial charge in [-0.25, -0.2) is 4.98 Å². The van der Waals surface area contributed by atoms with Crippen LogP contribution in [0.4, 0.5) is 0 Å². The summed E-state index contributed by atoms with van der Waals surface area (Å²) in [5.41, 5.74) is 1.85. The summed E-state index contributed by atoms with van der Waals surface area (Å²) in [5, 5.41) is 0.443. The molecule has 0 N–H and O–H groups in total. The van der Waals surface area contributed by atoms with Gasteiger partial charge in [-0.2, -0.15) is 0 Å². The molecule has 19 heavy (non-hydrogen) atoms. The van der Waals surface area contributed by atoms with Gasteiger partial charge >= 0.3 is 0 Å². The van der Waals surface area contributed by atoms with Crippen molar-refractivity contribution in [2.75, 3.05) is 6.54 Å². The maximum atomic E-state index is 12.0. The van der Waals surface area contributed by atoms with Crippen molar-refractivity contribution >= 4 is 28.5 Å². The summed E-state index contributed by atoms with van der Waals surface area (Å²) in [7, 11) is 0. The lowest BCUT2D eigenvalue weighted by Gasteiger charge is -2.21. The highest BCUT2D eigenvalue weighted by Crippen LogP contribution is 2.21. The standard InChI is InChI=1S/C14H16ClN3O/c15-14-16-11-6-3-4-7-12(11)18(14)10-17-9-5-1-2-8-13(17)19/h3-4,6-7H,1-2,5,8-10H2. The highest BCUT2D eigenvalue weighted by Gasteiger charge is 2.19. The largest absolute Gasteiger partial charge is 0.325 e. The van der Waals surface area contributed by atoms with Crippen LogP contribution in [0.1, 0.15) is 25.7 Å². The second-order valence-electron chi connectivity index (χ2n) is 4.91. The van der Waals surface area contributed by atoms with Crippen LogP contribution in [0.2, 0.25) is 5.28 Å². The van der Waals surface area contributed by atoms with Crippen molar-refractivity contribution in [1.82, 2.24) is 14.5 Å². The van der Waals surface area contributed by atoms with Gasteiger partial charge in [-0.1, -0.05) is 18.6 Å². The first-order valence-corrected chi connectivity index (χ1v) is 7.02. The van der Waals surface area contributed by atoms with Crippen LogP contribution in [-0.2, 0) is 11.5 Å². The Morgan fingerprint density at radius 3 is 2.95 bits per heavy atom. The van der Waals surface area contributed by atoms with Crippen LogP contribution < -0.4 is 0 Å². The summed E-state index contributed by atoms with van der Waals surface area (Å²) >= 11 is 6.19. The number of para-hydroxylation sites is 2. The summed E-state index contributed by atoms with van der Waals surface area (Å²) in [6.45, 7) is 1.31. The molecule has 3 rings (SSSR count). The van der Waals surface area contributed by atoms with Crippen LogP contribution in [0.15, 0.2) is 24.3 Å². The normalized spacial score (nSPS) is 16.9. The number of halogens is 1. The zero-order valence-corrected chi connectivity index (χ0v) is 11.4. The number of aromatic nitrogens is 2. The van der Waals surface area contributed by atoms with Crippen LogP contribution in [0.25, 0.3) is 11.0 Å². The molecule has 0 spiro atoms. The van der Waals surface area contributed by atoms with E-state index < -0.39 is 0 Å². The Kier molecular flexibility index (Phi) is 3.42. The molecule has 5 heteroatoms. The fraction of sp³-hybridized carbons (Fsp3) is 0.429. The lowest BCUT2D eigenvalue weighted by atomic mass is 10.2. The molecule has 1 aromatic carbocycles. The molecule has 1 amide bonds. The van der Waals surface area contributed by atoms with Gasteiger partial charge in [0.15, 0.2) is 0 Å². The fourth-order valence-electron chi connectivity index (χ4n) is 2.54. The molecule has 4 nitrogen and oxygen atoms in total. The predicted octanol–water partition coefficient (Wildman–Crippen LogP) is 3.05. The van der Waals surface area contributed by atoms with E-state index >= 15 is 0 Å². The summed E-state index contributed by atoms with van der Waals surface area (Å²) in [6.07, 6.45) is 3.83. The minimum atomic E-state index is 0.214. The minimum absolute atomic E-state index is 0.214. The Morgan fingerprint density at radius 1 is 1.21 bits per heavy atom. The smallest absolute Gasteiger partial charge is 0.223 e. The number of hydrogen-bond acceptors (Lipinski definition) is 2. The first kappa shape index (κ1) is 12.5. The van der Waals surface area contributed by atoms with Crippen molar-refractivity contribution in [3.05, 3.63) is 29.5 Å². The van der Waals surface area contributed by atoms with Crippen molar-refractivity contribution in [2.24, 2.45) is 0 Å². The molecule has 1 aromatic heterocycles. The van der Waals surface area contributed by atoms with E-state index in [1.165, 1.54) is 0 Å². The highest BCUT2D eigenvalue weighted by atomic mass is 35.5. The molecule has 0 unspecified atom stereocenters. The average Bonchev–Trinajstić information content (AvgIpc) is 2.58. The minimum Gasteiger partial charge on any atom is -0.325 e. The van der Waals surface area contributed by atoms with Crippen LogP contribution in [0.3, 0.4) is 0 Å². The lowest BCUT2D eigenvalue weighted by Crippen LogP contribution is -2.32. The second-order valence-corrected chi connectivity index (χ2v) is 5.24. The Labute approximate surface area is 117 Å². The number of imidazole rings is 1. The van der Waals surface area contributed by atoms with Crippen molar-refractivity contribution in [2.45, 2.75) is 32.4 Å². The number of carbonyl (C=O) groups excluding carboxylic acids is 1. The zero-order chi connectivity index (χ0) is 13.2. The van der Waals surface area contributed by atoms with Gasteiger partial charge in [0.2, 0.25) is 11.2 Å². The van der Waals surface area contributed by atoms with E-state index in [4.69, 9.17) is 11.6 Å². The Bertz CT molecular complexity index is 608. The molecule has 0 aliphatic carbocycles. The van der Waals surface area contributed by atoms with E-state index in [-0.39, 0.29) is 5.91 Å². The maximum Gasteiger partial charge on any atom is 0.223 e. The Balaban J connectivity index is 1.92. The van der Waals surface area contributed by atoms with Gasteiger partial charge in [-0.3, -0.25) is 9.36 Å². The topological polar surface area (TPSA) is 38.1 Å². The van der Waals surface area contributed by atoms with Gasteiger partial charge < -0.3 is 4.90 Å². The molecular formula is C14H16ClN3O. The molecule has 100 valence electrons. The van der Waals surface area contributed by atoms with Gasteiger partial charge in [0.25, 0.3) is 0 Å². The third-order valence-electron chi connectivity index (χ3n) is 3.59. The molecule has 1 fully saturated rings. The van der Waals surface area contributed by atoms with Crippen LogP contribution in [-0.4, -0.2) is 26.9 Å². The van der Waals surface area contributed by atoms with Crippen molar-refractivity contribution < 1.29 is 4.79 Å². The summed E-state index contributed by atoms with van der Waals surface area (Å²) < 4.78 is 1.90. The van der Waals surface area contributed by atoms with Gasteiger partial charge in [0.05, 0.1) is 11.0 Å². The first-order valence-electron chi connectivity index (χ1n) is 6.64. The van der Waals surface area contributed by atoms with E-state index in [1.807, 2.05) is 33.7 Å². The van der Waals surface area contributed by atoms with Crippen LogP contribution in [0, 0.1) is 0 Å². The van der Waals surface area contributed by atoms with E-state index in [0.29, 0.717) is 18.4 Å². The molecule has 1 aliphatic rings. The molecule has 0 radical (unpaired) electrons. The lowest BCUT2D eigenvalue weighted by molar-refractivity contribution is -0.132. The Hall–Kier alpha value is -1.55. The third kappa shape index (κ3) is 2.45. The molecule has 0 saturated carbocycles. The van der Waals surface area contributed by atoms with E-state index in [0.717, 1.165) is 36.8 Å². The summed E-state index contributed by atoms with van der Waals surface area (Å²) in [5.74, 6) is 0.214. The predicted molar refractivity (Wildman–Crippen MR) is 74.9 cm³/mol. The maximum absolute atomic E-state index is 12.0. The van der Waals surface area contributed by atoms with E-state index in [2.05, 4.69) is 4.98 Å². The summed E-state index contributed by atoms with van der Waals surface area (Å²) in [4.78, 5) is 18.2. The zero-order valence-electron chi connectivity index (χ0n) is 10.7. The number of rotatable bonds is 2. The quantitative estimate of drug-likeness (QED) is 0.846. The molecule has 2 heterocycles. The third-order valence-corrected chi connectivity index (χ3v) is 3.88. The number of hydrogen-bond donors (Lipinski definition) is 0. The number of carbonyl (C=O) groups is 1. The number of amides is 1. The van der Waals surface area contributed by atoms with Crippen molar-refractivity contribution in [3.63, 3.8) is 0 Å². The summed E-state index contributed by atoms with van der Waals surface area (Å²) in [6, 6.07) is 7.81. The molecule has 1 saturated heterocycles. The van der Waals surface area contributed by atoms with E-state index in [9.17, 15) is 4.79 Å². The van der Waals surface area contributed by atoms with Gasteiger partial charge in [0.1, 0.15) is 6.67 Å². The fourth-order valence-corrected chi connectivity index (χ4v) is 2.77. The molecular weight excluding hydrogens is 262 g/mol. The number of likely N-dealkylation sites (tertiary alicyclic amines) is 1. The number of fused-ring (bicyclic) bond motifs is 1. The van der Waals surface area contributed by atoms with Gasteiger partial charge in [-0.05, 0) is 36.6 Å². The molecule has 0 bridgehead atoms. The van der Waals surface area contributed by atoms with Crippen molar-refractivity contribution in [1.29, 1.82) is 0 Å². The SMILES string of the molecule is O=C1CCCCCN1Cn1c(Cl)nc2ccccc21. The van der Waals surface area contributed by atoms with Crippen LogP contribution in [0.5, 0.6) is 0 Å². The highest BCUT2D eigenvalue weighted by molar-refractivity contribution is 6.29.